The molecule has 0 radical (unpaired) electrons. The average Bonchev–Trinajstić information content (AvgIpc) is 2.78. The van der Waals surface area contributed by atoms with E-state index in [0.29, 0.717) is 12.8 Å². The minimum atomic E-state index is 0.214. The quantitative estimate of drug-likeness (QED) is 0.103. The molecule has 0 saturated carbocycles. The topological polar surface area (TPSA) is 58.2 Å². The molecule has 0 fully saturated rings. The predicted octanol–water partition coefficient (Wildman–Crippen LogP) is 5.43. The zero-order valence-corrected chi connectivity index (χ0v) is 25.0. The van der Waals surface area contributed by atoms with Gasteiger partial charge in [0.15, 0.2) is 0 Å². The molecule has 0 unspecified atom stereocenters. The molecular weight excluding hydrogens is 448 g/mol. The maximum Gasteiger partial charge on any atom is 0.219 e. The van der Waals surface area contributed by atoms with Crippen molar-refractivity contribution in [2.45, 2.75) is 103 Å². The minimum Gasteiger partial charge on any atom is -0.356 e. The number of carbonyl (C=O) groups excluding carboxylic acids is 2. The van der Waals surface area contributed by atoms with Crippen LogP contribution < -0.4 is 10.6 Å². The van der Waals surface area contributed by atoms with Gasteiger partial charge in [-0.2, -0.15) is 0 Å². The molecule has 0 heterocycles. The third kappa shape index (κ3) is 28.8. The van der Waals surface area contributed by atoms with Crippen molar-refractivity contribution in [1.82, 2.24) is 10.6 Å². The minimum absolute atomic E-state index is 0.214. The molecule has 2 N–H and O–H groups in total. The van der Waals surface area contributed by atoms with Gasteiger partial charge in [0.2, 0.25) is 11.8 Å². The Kier molecular flexibility index (Phi) is 20.8. The lowest BCUT2D eigenvalue weighted by atomic mass is 10.1. The van der Waals surface area contributed by atoms with Crippen LogP contribution in [0.4, 0.5) is 0 Å². The lowest BCUT2D eigenvalue weighted by Crippen LogP contribution is -2.37. The molecule has 6 heteroatoms. The van der Waals surface area contributed by atoms with E-state index >= 15 is 0 Å². The van der Waals surface area contributed by atoms with E-state index in [9.17, 15) is 9.59 Å². The van der Waals surface area contributed by atoms with Crippen LogP contribution in [0.25, 0.3) is 0 Å². The van der Waals surface area contributed by atoms with Crippen molar-refractivity contribution in [2.24, 2.45) is 0 Å². The van der Waals surface area contributed by atoms with Crippen LogP contribution in [0.3, 0.4) is 0 Å². The molecule has 0 atom stereocenters. The molecule has 0 aliphatic rings. The first-order valence-corrected chi connectivity index (χ1v) is 14.8. The van der Waals surface area contributed by atoms with Crippen LogP contribution in [0, 0.1) is 0 Å². The zero-order valence-electron chi connectivity index (χ0n) is 25.0. The number of hydrogen-bond acceptors (Lipinski definition) is 2. The number of allylic oxidation sites excluding steroid dienone is 2. The number of hydrogen-bond donors (Lipinski definition) is 2. The normalized spacial score (nSPS) is 12.3. The van der Waals surface area contributed by atoms with Gasteiger partial charge in [-0.1, -0.05) is 50.7 Å². The second-order valence-electron chi connectivity index (χ2n) is 12.5. The molecular formula is C30H62N4O2+2. The average molecular weight is 511 g/mol. The molecule has 0 spiro atoms. The summed E-state index contributed by atoms with van der Waals surface area (Å²) in [7, 11) is 13.1. The fourth-order valence-electron chi connectivity index (χ4n) is 4.13. The second-order valence-corrected chi connectivity index (χ2v) is 12.5. The van der Waals surface area contributed by atoms with Gasteiger partial charge in [-0.25, -0.2) is 0 Å². The monoisotopic (exact) mass is 510 g/mol. The SMILES string of the molecule is C[N+](C)(C)CCCNC(=O)CCCCCCCC=CCCCCCCCC(=O)NCCC[N+](C)(C)C. The van der Waals surface area contributed by atoms with Crippen molar-refractivity contribution in [3.63, 3.8) is 0 Å². The van der Waals surface area contributed by atoms with Crippen LogP contribution in [0.2, 0.25) is 0 Å². The van der Waals surface area contributed by atoms with Gasteiger partial charge >= 0.3 is 0 Å². The fourth-order valence-corrected chi connectivity index (χ4v) is 4.13. The molecule has 0 aromatic carbocycles. The van der Waals surface area contributed by atoms with Crippen molar-refractivity contribution < 1.29 is 18.6 Å². The number of unbranched alkanes of at least 4 members (excludes halogenated alkanes) is 10. The van der Waals surface area contributed by atoms with Crippen molar-refractivity contribution in [3.05, 3.63) is 12.2 Å². The first-order valence-electron chi connectivity index (χ1n) is 14.8. The molecule has 212 valence electrons. The smallest absolute Gasteiger partial charge is 0.219 e. The van der Waals surface area contributed by atoms with Crippen LogP contribution in [0.1, 0.15) is 103 Å². The molecule has 0 aliphatic carbocycles. The summed E-state index contributed by atoms with van der Waals surface area (Å²) < 4.78 is 1.90. The summed E-state index contributed by atoms with van der Waals surface area (Å²) in [6, 6.07) is 0. The largest absolute Gasteiger partial charge is 0.356 e. The summed E-state index contributed by atoms with van der Waals surface area (Å²) in [4.78, 5) is 23.7. The van der Waals surface area contributed by atoms with Gasteiger partial charge in [0, 0.05) is 38.8 Å². The Morgan fingerprint density at radius 2 is 0.833 bits per heavy atom. The number of amides is 2. The molecule has 0 aliphatic heterocycles. The van der Waals surface area contributed by atoms with Gasteiger partial charge in [-0.15, -0.1) is 0 Å². The maximum atomic E-state index is 11.9. The first kappa shape index (κ1) is 34.6. The number of rotatable bonds is 24. The van der Waals surface area contributed by atoms with Crippen LogP contribution in [0.5, 0.6) is 0 Å². The van der Waals surface area contributed by atoms with Gasteiger partial charge < -0.3 is 19.6 Å². The van der Waals surface area contributed by atoms with E-state index in [2.05, 4.69) is 65.1 Å². The molecule has 6 nitrogen and oxygen atoms in total. The van der Waals surface area contributed by atoms with E-state index in [-0.39, 0.29) is 11.8 Å². The maximum absolute atomic E-state index is 11.9. The Morgan fingerprint density at radius 3 is 1.19 bits per heavy atom. The Hall–Kier alpha value is -1.40. The Labute approximate surface area is 224 Å². The van der Waals surface area contributed by atoms with E-state index in [1.807, 2.05) is 0 Å². The highest BCUT2D eigenvalue weighted by Crippen LogP contribution is 2.10. The highest BCUT2D eigenvalue weighted by Gasteiger charge is 2.08. The highest BCUT2D eigenvalue weighted by atomic mass is 16.2. The van der Waals surface area contributed by atoms with Crippen LogP contribution in [-0.4, -0.2) is 89.2 Å². The van der Waals surface area contributed by atoms with Crippen molar-refractivity contribution in [3.8, 4) is 0 Å². The van der Waals surface area contributed by atoms with E-state index < -0.39 is 0 Å². The molecule has 0 rings (SSSR count). The molecule has 36 heavy (non-hydrogen) atoms. The molecule has 0 aromatic heterocycles. The summed E-state index contributed by atoms with van der Waals surface area (Å²) >= 11 is 0. The fraction of sp³-hybridized carbons (Fsp3) is 0.867. The third-order valence-corrected chi connectivity index (χ3v) is 6.37. The second kappa shape index (κ2) is 21.7. The molecule has 0 aromatic rings. The Balaban J connectivity index is 3.34. The van der Waals surface area contributed by atoms with E-state index in [1.165, 1.54) is 51.4 Å². The van der Waals surface area contributed by atoms with E-state index in [4.69, 9.17) is 0 Å². The van der Waals surface area contributed by atoms with Crippen LogP contribution >= 0.6 is 0 Å². The highest BCUT2D eigenvalue weighted by molar-refractivity contribution is 5.76. The third-order valence-electron chi connectivity index (χ3n) is 6.37. The van der Waals surface area contributed by atoms with E-state index in [0.717, 1.165) is 73.7 Å². The predicted molar refractivity (Wildman–Crippen MR) is 155 cm³/mol. The Morgan fingerprint density at radius 1 is 0.500 bits per heavy atom. The summed E-state index contributed by atoms with van der Waals surface area (Å²) in [6.45, 7) is 3.79. The van der Waals surface area contributed by atoms with Crippen LogP contribution in [-0.2, 0) is 9.59 Å². The standard InChI is InChI=1S/C30H60N4O2/c1-33(2,3)27-21-25-31-29(35)23-19-17-15-13-11-9-7-8-10-12-14-16-18-20-24-30(36)32-26-22-28-34(4,5)6/h7-8H,9-28H2,1-6H3/p+2. The first-order chi connectivity index (χ1) is 17.0. The number of quaternary nitrogens is 2. The summed E-state index contributed by atoms with van der Waals surface area (Å²) in [5, 5.41) is 6.09. The molecule has 0 bridgehead atoms. The number of nitrogens with zero attached hydrogens (tertiary/aromatic N) is 2. The summed E-state index contributed by atoms with van der Waals surface area (Å²) in [5.74, 6) is 0.429. The van der Waals surface area contributed by atoms with Crippen molar-refractivity contribution >= 4 is 11.8 Å². The van der Waals surface area contributed by atoms with E-state index in [1.54, 1.807) is 0 Å². The van der Waals surface area contributed by atoms with Crippen molar-refractivity contribution in [2.75, 3.05) is 68.5 Å². The van der Waals surface area contributed by atoms with Gasteiger partial charge in [0.05, 0.1) is 55.4 Å². The number of carbonyl (C=O) groups is 2. The van der Waals surface area contributed by atoms with Gasteiger partial charge in [0.25, 0.3) is 0 Å². The number of nitrogens with one attached hydrogen (secondary N) is 2. The van der Waals surface area contributed by atoms with Gasteiger partial charge in [-0.05, 0) is 38.5 Å². The van der Waals surface area contributed by atoms with Crippen molar-refractivity contribution in [1.29, 1.82) is 0 Å². The molecule has 2 amide bonds. The summed E-state index contributed by atoms with van der Waals surface area (Å²) in [5.41, 5.74) is 0. The Bertz CT molecular complexity index is 526. The lowest BCUT2D eigenvalue weighted by Gasteiger charge is -2.23. The summed E-state index contributed by atoms with van der Waals surface area (Å²) in [6.07, 6.45) is 22.3. The lowest BCUT2D eigenvalue weighted by molar-refractivity contribution is -0.870. The molecule has 0 saturated heterocycles. The van der Waals surface area contributed by atoms with Gasteiger partial charge in [-0.3, -0.25) is 9.59 Å². The van der Waals surface area contributed by atoms with Crippen LogP contribution in [0.15, 0.2) is 12.2 Å². The van der Waals surface area contributed by atoms with Gasteiger partial charge in [0.1, 0.15) is 0 Å². The zero-order chi connectivity index (χ0) is 27.1.